The molecule has 1 amide bonds. The standard InChI is InChI=1S/C35H42N2O6S/c1-4-41-18-19-43-33-11-7-27(21-25(33)2)28-8-12-34-30(22-28)23-29(15-20-44(34,39)40)35(38)36-31-9-5-26(6-10-31)24-37(3)32-13-16-42-17-14-32/h5-12,21-23,32H,4,13-20,24H2,1-3H3,(H,36,38). The van der Waals surface area contributed by atoms with Crippen molar-refractivity contribution in [2.24, 2.45) is 0 Å². The number of nitrogens with zero attached hydrogens (tertiary/aromatic N) is 1. The lowest BCUT2D eigenvalue weighted by Gasteiger charge is -2.31. The molecular formula is C35H42N2O6S. The Balaban J connectivity index is 1.30. The minimum Gasteiger partial charge on any atom is -0.491 e. The Morgan fingerprint density at radius 3 is 2.45 bits per heavy atom. The third-order valence-corrected chi connectivity index (χ3v) is 10.0. The molecule has 2 aliphatic rings. The Morgan fingerprint density at radius 2 is 1.73 bits per heavy atom. The number of fused-ring (bicyclic) bond motifs is 1. The number of ether oxygens (including phenoxy) is 3. The number of benzene rings is 3. The van der Waals surface area contributed by atoms with Crippen LogP contribution in [0.5, 0.6) is 5.75 Å². The fourth-order valence-corrected chi connectivity index (χ4v) is 7.17. The highest BCUT2D eigenvalue weighted by Crippen LogP contribution is 2.33. The predicted octanol–water partition coefficient (Wildman–Crippen LogP) is 5.89. The zero-order chi connectivity index (χ0) is 31.1. The van der Waals surface area contributed by atoms with Crippen LogP contribution in [0.1, 0.15) is 42.9 Å². The van der Waals surface area contributed by atoms with Crippen molar-refractivity contribution in [2.45, 2.75) is 50.6 Å². The summed E-state index contributed by atoms with van der Waals surface area (Å²) < 4.78 is 43.0. The van der Waals surface area contributed by atoms with Gasteiger partial charge in [-0.2, -0.15) is 0 Å². The molecule has 0 spiro atoms. The number of hydrogen-bond donors (Lipinski definition) is 1. The Bertz CT molecular complexity index is 1590. The lowest BCUT2D eigenvalue weighted by atomic mass is 9.99. The molecule has 0 bridgehead atoms. The van der Waals surface area contributed by atoms with Gasteiger partial charge in [-0.15, -0.1) is 0 Å². The average Bonchev–Trinajstić information content (AvgIpc) is 3.16. The van der Waals surface area contributed by atoms with Gasteiger partial charge in [-0.3, -0.25) is 9.69 Å². The summed E-state index contributed by atoms with van der Waals surface area (Å²) in [5, 5.41) is 2.97. The van der Waals surface area contributed by atoms with Gasteiger partial charge in [0.15, 0.2) is 9.84 Å². The second-order valence-electron chi connectivity index (χ2n) is 11.4. The topological polar surface area (TPSA) is 94.2 Å². The zero-order valence-corrected chi connectivity index (χ0v) is 26.6. The highest BCUT2D eigenvalue weighted by Gasteiger charge is 2.25. The van der Waals surface area contributed by atoms with E-state index >= 15 is 0 Å². The number of anilines is 1. The lowest BCUT2D eigenvalue weighted by molar-refractivity contribution is -0.112. The Labute approximate surface area is 260 Å². The number of hydrogen-bond acceptors (Lipinski definition) is 7. The number of nitrogens with one attached hydrogen (secondary N) is 1. The van der Waals surface area contributed by atoms with Crippen LogP contribution >= 0.6 is 0 Å². The molecule has 44 heavy (non-hydrogen) atoms. The highest BCUT2D eigenvalue weighted by atomic mass is 32.2. The molecule has 2 heterocycles. The average molecular weight is 619 g/mol. The van der Waals surface area contributed by atoms with Gasteiger partial charge in [-0.1, -0.05) is 24.3 Å². The van der Waals surface area contributed by atoms with Gasteiger partial charge in [0.2, 0.25) is 0 Å². The van der Waals surface area contributed by atoms with Crippen LogP contribution in [0.3, 0.4) is 0 Å². The summed E-state index contributed by atoms with van der Waals surface area (Å²) in [5.74, 6) is 0.363. The molecule has 1 N–H and O–H groups in total. The van der Waals surface area contributed by atoms with Crippen LogP contribution in [0.25, 0.3) is 17.2 Å². The van der Waals surface area contributed by atoms with Crippen molar-refractivity contribution in [3.8, 4) is 16.9 Å². The second kappa shape index (κ2) is 14.5. The number of amides is 1. The molecular weight excluding hydrogens is 576 g/mol. The summed E-state index contributed by atoms with van der Waals surface area (Å²) in [5.41, 5.74) is 5.56. The maximum atomic E-state index is 13.4. The molecule has 3 aromatic carbocycles. The van der Waals surface area contributed by atoms with E-state index in [1.165, 1.54) is 5.56 Å². The van der Waals surface area contributed by atoms with Crippen molar-refractivity contribution >= 4 is 27.5 Å². The SMILES string of the molecule is CCOCCOc1ccc(-c2ccc3c(c2)C=C(C(=O)Nc2ccc(CN(C)C4CCOCC4)cc2)CCS3(=O)=O)cc1C. The third-order valence-electron chi connectivity index (χ3n) is 8.26. The van der Waals surface area contributed by atoms with Crippen LogP contribution in [0.4, 0.5) is 5.69 Å². The third kappa shape index (κ3) is 7.95. The van der Waals surface area contributed by atoms with Gasteiger partial charge in [0.1, 0.15) is 12.4 Å². The van der Waals surface area contributed by atoms with E-state index in [4.69, 9.17) is 14.2 Å². The molecule has 3 aromatic rings. The molecule has 5 rings (SSSR count). The molecule has 0 radical (unpaired) electrons. The Kier molecular flexibility index (Phi) is 10.5. The molecule has 9 heteroatoms. The first kappa shape index (κ1) is 31.9. The summed E-state index contributed by atoms with van der Waals surface area (Å²) in [7, 11) is -1.41. The van der Waals surface area contributed by atoms with E-state index in [2.05, 4.69) is 17.3 Å². The van der Waals surface area contributed by atoms with Crippen LogP contribution in [0.2, 0.25) is 0 Å². The van der Waals surface area contributed by atoms with Crippen LogP contribution in [0, 0.1) is 6.92 Å². The smallest absolute Gasteiger partial charge is 0.251 e. The minimum absolute atomic E-state index is 0.122. The first-order chi connectivity index (χ1) is 21.2. The Morgan fingerprint density at radius 1 is 1.00 bits per heavy atom. The minimum atomic E-state index is -3.55. The highest BCUT2D eigenvalue weighted by molar-refractivity contribution is 7.91. The van der Waals surface area contributed by atoms with Crippen LogP contribution in [-0.2, 0) is 30.7 Å². The number of aryl methyl sites for hydroxylation is 1. The van der Waals surface area contributed by atoms with Gasteiger partial charge < -0.3 is 19.5 Å². The van der Waals surface area contributed by atoms with E-state index < -0.39 is 9.84 Å². The fourth-order valence-electron chi connectivity index (χ4n) is 5.71. The van der Waals surface area contributed by atoms with E-state index in [0.29, 0.717) is 42.7 Å². The number of carbonyl (C=O) groups excluding carboxylic acids is 1. The predicted molar refractivity (Wildman–Crippen MR) is 174 cm³/mol. The molecule has 234 valence electrons. The monoisotopic (exact) mass is 618 g/mol. The van der Waals surface area contributed by atoms with Gasteiger partial charge in [-0.25, -0.2) is 8.42 Å². The summed E-state index contributed by atoms with van der Waals surface area (Å²) in [6.07, 6.45) is 3.93. The first-order valence-corrected chi connectivity index (χ1v) is 17.0. The lowest BCUT2D eigenvalue weighted by Crippen LogP contribution is -2.36. The van der Waals surface area contributed by atoms with Gasteiger partial charge in [0.25, 0.3) is 5.91 Å². The molecule has 1 saturated heterocycles. The van der Waals surface area contributed by atoms with E-state index in [0.717, 1.165) is 55.0 Å². The number of carbonyl (C=O) groups is 1. The van der Waals surface area contributed by atoms with Crippen molar-refractivity contribution in [1.29, 1.82) is 0 Å². The van der Waals surface area contributed by atoms with Crippen LogP contribution < -0.4 is 10.1 Å². The Hall–Kier alpha value is -3.50. The van der Waals surface area contributed by atoms with E-state index in [9.17, 15) is 13.2 Å². The molecule has 0 unspecified atom stereocenters. The number of rotatable bonds is 11. The molecule has 8 nitrogen and oxygen atoms in total. The zero-order valence-electron chi connectivity index (χ0n) is 25.8. The molecule has 0 aromatic heterocycles. The van der Waals surface area contributed by atoms with Crippen molar-refractivity contribution in [1.82, 2.24) is 4.90 Å². The summed E-state index contributed by atoms with van der Waals surface area (Å²) in [4.78, 5) is 16.0. The van der Waals surface area contributed by atoms with Crippen molar-refractivity contribution in [3.63, 3.8) is 0 Å². The molecule has 0 aliphatic carbocycles. The maximum absolute atomic E-state index is 13.4. The summed E-state index contributed by atoms with van der Waals surface area (Å²) in [6.45, 7) is 8.01. The number of sulfone groups is 1. The van der Waals surface area contributed by atoms with Gasteiger partial charge in [0.05, 0.1) is 17.3 Å². The second-order valence-corrected chi connectivity index (χ2v) is 13.5. The first-order valence-electron chi connectivity index (χ1n) is 15.3. The van der Waals surface area contributed by atoms with Crippen molar-refractivity contribution in [3.05, 3.63) is 82.9 Å². The summed E-state index contributed by atoms with van der Waals surface area (Å²) in [6, 6.07) is 19.6. The fraction of sp³-hybridized carbons (Fsp3) is 0.400. The molecule has 0 saturated carbocycles. The summed E-state index contributed by atoms with van der Waals surface area (Å²) >= 11 is 0. The van der Waals surface area contributed by atoms with Crippen molar-refractivity contribution in [2.75, 3.05) is 51.2 Å². The van der Waals surface area contributed by atoms with E-state index in [-0.39, 0.29) is 23.0 Å². The van der Waals surface area contributed by atoms with Crippen LogP contribution in [-0.4, -0.2) is 71.1 Å². The van der Waals surface area contributed by atoms with E-state index in [1.807, 2.05) is 68.4 Å². The van der Waals surface area contributed by atoms with Gasteiger partial charge >= 0.3 is 0 Å². The molecule has 2 aliphatic heterocycles. The van der Waals surface area contributed by atoms with E-state index in [1.54, 1.807) is 12.1 Å². The van der Waals surface area contributed by atoms with Crippen LogP contribution in [0.15, 0.2) is 71.1 Å². The normalized spacial score (nSPS) is 16.6. The van der Waals surface area contributed by atoms with Gasteiger partial charge in [-0.05, 0) is 110 Å². The quantitative estimate of drug-likeness (QED) is 0.268. The molecule has 1 fully saturated rings. The maximum Gasteiger partial charge on any atom is 0.251 e. The van der Waals surface area contributed by atoms with Gasteiger partial charge in [0, 0.05) is 43.7 Å². The molecule has 0 atom stereocenters. The van der Waals surface area contributed by atoms with Crippen molar-refractivity contribution < 1.29 is 27.4 Å². The largest absolute Gasteiger partial charge is 0.491 e.